The summed E-state index contributed by atoms with van der Waals surface area (Å²) >= 11 is 0. The molecule has 5 nitrogen and oxygen atoms in total. The molecule has 0 radical (unpaired) electrons. The van der Waals surface area contributed by atoms with Gasteiger partial charge in [0.05, 0.1) is 0 Å². The van der Waals surface area contributed by atoms with Crippen molar-refractivity contribution in [3.8, 4) is 0 Å². The fraction of sp³-hybridized carbons (Fsp3) is 0.529. The van der Waals surface area contributed by atoms with E-state index in [2.05, 4.69) is 12.2 Å². The minimum Gasteiger partial charge on any atom is -0.337 e. The number of hydrogen-bond donors (Lipinski definition) is 3. The van der Waals surface area contributed by atoms with Crippen molar-refractivity contribution >= 4 is 15.0 Å². The van der Waals surface area contributed by atoms with Crippen molar-refractivity contribution in [1.82, 2.24) is 0 Å². The van der Waals surface area contributed by atoms with Crippen LogP contribution in [0.2, 0.25) is 0 Å². The monoisotopic (exact) mass is 412 g/mol. The second kappa shape index (κ2) is 10.5. The van der Waals surface area contributed by atoms with Gasteiger partial charge in [-0.25, -0.2) is 0 Å². The average molecular weight is 412 g/mol. The molecule has 0 rings (SSSR count). The first-order valence-electron chi connectivity index (χ1n) is 8.10. The zero-order chi connectivity index (χ0) is 20.6. The first-order chi connectivity index (χ1) is 11.7. The summed E-state index contributed by atoms with van der Waals surface area (Å²) in [6.45, 7) is 7.85. The van der Waals surface area contributed by atoms with Crippen molar-refractivity contribution in [2.45, 2.75) is 58.8 Å². The molecule has 26 heavy (non-hydrogen) atoms. The van der Waals surface area contributed by atoms with Gasteiger partial charge >= 0.3 is 20.4 Å². The first-order valence-corrected chi connectivity index (χ1v) is 11.4. The normalized spacial score (nSPS) is 16.7. The van der Waals surface area contributed by atoms with Crippen LogP contribution in [0.1, 0.15) is 53.4 Å². The van der Waals surface area contributed by atoms with Crippen LogP contribution < -0.4 is 0 Å². The second-order valence-electron chi connectivity index (χ2n) is 6.44. The van der Waals surface area contributed by atoms with E-state index in [0.717, 1.165) is 30.9 Å². The lowest BCUT2D eigenvalue weighted by Gasteiger charge is -2.20. The highest BCUT2D eigenvalue weighted by atomic mass is 31.2. The van der Waals surface area contributed by atoms with Gasteiger partial charge in [-0.2, -0.15) is 8.78 Å². The summed E-state index contributed by atoms with van der Waals surface area (Å²) in [5.74, 6) is 0.260. The van der Waals surface area contributed by atoms with Crippen molar-refractivity contribution in [2.75, 3.05) is 0 Å². The summed E-state index contributed by atoms with van der Waals surface area (Å²) in [6.07, 6.45) is 9.87. The summed E-state index contributed by atoms with van der Waals surface area (Å²) in [5.41, 5.74) is 3.30. The molecule has 3 N–H and O–H groups in total. The SMILES string of the molecule is CC(C)=CCC/C(C)=C/CC/C(C)=C/C=C/P(=O)(O)C(F)(F)P(=O)(O)O. The van der Waals surface area contributed by atoms with E-state index in [0.29, 0.717) is 6.42 Å². The third-order valence-corrected chi connectivity index (χ3v) is 7.22. The third kappa shape index (κ3) is 8.70. The molecule has 0 spiro atoms. The quantitative estimate of drug-likeness (QED) is 0.235. The standard InChI is InChI=1S/C17H28F2O5P2/c1-14(2)8-5-9-15(3)10-6-11-16(4)12-7-13-25(20,21)17(18,19)26(22,23)24/h7-8,10,12-13H,5-6,9,11H2,1-4H3,(H,20,21)(H2,22,23,24)/b13-7+,15-10+,16-12+. The maximum atomic E-state index is 13.3. The van der Waals surface area contributed by atoms with E-state index in [1.807, 2.05) is 20.8 Å². The molecular formula is C17H28F2O5P2. The van der Waals surface area contributed by atoms with Gasteiger partial charge in [0.1, 0.15) is 0 Å². The van der Waals surface area contributed by atoms with Crippen molar-refractivity contribution in [3.63, 3.8) is 0 Å². The molecular weight excluding hydrogens is 384 g/mol. The van der Waals surface area contributed by atoms with Crippen molar-refractivity contribution in [3.05, 3.63) is 46.8 Å². The molecule has 0 amide bonds. The van der Waals surface area contributed by atoms with E-state index in [4.69, 9.17) is 9.79 Å². The Hall–Kier alpha value is -0.840. The van der Waals surface area contributed by atoms with E-state index in [-0.39, 0.29) is 5.82 Å². The minimum absolute atomic E-state index is 0.260. The zero-order valence-corrected chi connectivity index (χ0v) is 17.3. The number of halogens is 2. The van der Waals surface area contributed by atoms with Gasteiger partial charge in [0.25, 0.3) is 0 Å². The fourth-order valence-electron chi connectivity index (χ4n) is 1.92. The Balaban J connectivity index is 4.71. The lowest BCUT2D eigenvalue weighted by atomic mass is 10.1. The van der Waals surface area contributed by atoms with Gasteiger partial charge in [0, 0.05) is 5.82 Å². The molecule has 0 aromatic heterocycles. The van der Waals surface area contributed by atoms with Crippen LogP contribution in [-0.2, 0) is 9.13 Å². The highest BCUT2D eigenvalue weighted by Gasteiger charge is 2.61. The second-order valence-corrected chi connectivity index (χ2v) is 10.5. The van der Waals surface area contributed by atoms with Crippen molar-refractivity contribution in [2.24, 2.45) is 0 Å². The summed E-state index contributed by atoms with van der Waals surface area (Å²) in [4.78, 5) is 26.3. The van der Waals surface area contributed by atoms with Gasteiger partial charge < -0.3 is 14.7 Å². The first kappa shape index (κ1) is 25.2. The molecule has 0 heterocycles. The van der Waals surface area contributed by atoms with Crippen LogP contribution >= 0.6 is 15.0 Å². The van der Waals surface area contributed by atoms with E-state index in [1.165, 1.54) is 17.2 Å². The number of rotatable bonds is 10. The molecule has 9 heteroatoms. The molecule has 0 aliphatic heterocycles. The third-order valence-electron chi connectivity index (χ3n) is 3.53. The number of alkyl halides is 2. The van der Waals surface area contributed by atoms with Crippen LogP contribution in [0, 0.1) is 0 Å². The Kier molecular flexibility index (Phi) is 10.1. The maximum Gasteiger partial charge on any atom is 0.421 e. The van der Waals surface area contributed by atoms with Gasteiger partial charge in [0.15, 0.2) is 0 Å². The Morgan fingerprint density at radius 1 is 0.923 bits per heavy atom. The molecule has 1 unspecified atom stereocenters. The summed E-state index contributed by atoms with van der Waals surface area (Å²) in [7, 11) is -11.5. The summed E-state index contributed by atoms with van der Waals surface area (Å²) in [6, 6.07) is 0. The Bertz CT molecular complexity index is 683. The van der Waals surface area contributed by atoms with Crippen molar-refractivity contribution < 1.29 is 32.6 Å². The lowest BCUT2D eigenvalue weighted by molar-refractivity contribution is 0.126. The Labute approximate surface area is 153 Å². The highest BCUT2D eigenvalue weighted by Crippen LogP contribution is 2.73. The highest BCUT2D eigenvalue weighted by molar-refractivity contribution is 7.76. The lowest BCUT2D eigenvalue weighted by Crippen LogP contribution is -2.15. The topological polar surface area (TPSA) is 94.8 Å². The molecule has 1 atom stereocenters. The minimum atomic E-state index is -6.03. The van der Waals surface area contributed by atoms with Gasteiger partial charge in [-0.1, -0.05) is 41.0 Å². The number of hydrogen-bond acceptors (Lipinski definition) is 2. The molecule has 0 aliphatic rings. The smallest absolute Gasteiger partial charge is 0.337 e. The van der Waals surface area contributed by atoms with Gasteiger partial charge in [-0.3, -0.25) is 9.13 Å². The maximum absolute atomic E-state index is 13.3. The van der Waals surface area contributed by atoms with E-state index < -0.39 is 20.4 Å². The van der Waals surface area contributed by atoms with Gasteiger partial charge in [-0.15, -0.1) is 0 Å². The number of allylic oxidation sites excluding steroid dienone is 7. The van der Waals surface area contributed by atoms with Crippen LogP contribution in [0.15, 0.2) is 46.8 Å². The molecule has 0 fully saturated rings. The molecule has 0 saturated heterocycles. The summed E-state index contributed by atoms with van der Waals surface area (Å²) < 4.78 is 48.8. The molecule has 0 aromatic carbocycles. The zero-order valence-electron chi connectivity index (χ0n) is 15.5. The summed E-state index contributed by atoms with van der Waals surface area (Å²) in [5, 5.41) is -5.00. The molecule has 0 bridgehead atoms. The van der Waals surface area contributed by atoms with Crippen LogP contribution in [0.25, 0.3) is 0 Å². The van der Waals surface area contributed by atoms with Crippen LogP contribution in [-0.4, -0.2) is 20.1 Å². The van der Waals surface area contributed by atoms with Gasteiger partial charge in [-0.05, 0) is 53.4 Å². The molecule has 0 aromatic rings. The Morgan fingerprint density at radius 3 is 1.92 bits per heavy atom. The molecule has 0 saturated carbocycles. The van der Waals surface area contributed by atoms with Crippen LogP contribution in [0.5, 0.6) is 0 Å². The molecule has 0 aliphatic carbocycles. The van der Waals surface area contributed by atoms with Crippen molar-refractivity contribution in [1.29, 1.82) is 0 Å². The largest absolute Gasteiger partial charge is 0.421 e. The fourth-order valence-corrected chi connectivity index (χ4v) is 4.11. The van der Waals surface area contributed by atoms with Crippen LogP contribution in [0.4, 0.5) is 8.78 Å². The van der Waals surface area contributed by atoms with Gasteiger partial charge in [0.2, 0.25) is 0 Å². The van der Waals surface area contributed by atoms with E-state index >= 15 is 0 Å². The Morgan fingerprint density at radius 2 is 1.42 bits per heavy atom. The average Bonchev–Trinajstić information content (AvgIpc) is 2.45. The molecule has 150 valence electrons. The predicted octanol–water partition coefficient (Wildman–Crippen LogP) is 5.92. The predicted molar refractivity (Wildman–Crippen MR) is 101 cm³/mol. The van der Waals surface area contributed by atoms with E-state index in [9.17, 15) is 22.8 Å². The van der Waals surface area contributed by atoms with E-state index in [1.54, 1.807) is 6.92 Å². The van der Waals surface area contributed by atoms with Crippen LogP contribution in [0.3, 0.4) is 0 Å².